The van der Waals surface area contributed by atoms with Crippen LogP contribution in [0.15, 0.2) is 30.3 Å². The highest BCUT2D eigenvalue weighted by Gasteiger charge is 2.23. The maximum atomic E-state index is 12.9. The number of carbonyl (C=O) groups excluding carboxylic acids is 2. The summed E-state index contributed by atoms with van der Waals surface area (Å²) in [6.45, 7) is 15.1. The van der Waals surface area contributed by atoms with Crippen LogP contribution >= 0.6 is 0 Å². The first-order valence-corrected chi connectivity index (χ1v) is 11.3. The van der Waals surface area contributed by atoms with Gasteiger partial charge >= 0.3 is 0 Å². The molecule has 6 heteroatoms. The molecule has 0 spiro atoms. The van der Waals surface area contributed by atoms with Crippen molar-refractivity contribution in [1.29, 1.82) is 0 Å². The van der Waals surface area contributed by atoms with Crippen molar-refractivity contribution in [3.63, 3.8) is 0 Å². The van der Waals surface area contributed by atoms with Gasteiger partial charge in [-0.1, -0.05) is 65.7 Å². The number of carbonyl (C=O) groups is 2. The average Bonchev–Trinajstić information content (AvgIpc) is 3.10. The lowest BCUT2D eigenvalue weighted by Crippen LogP contribution is -2.40. The van der Waals surface area contributed by atoms with E-state index in [1.165, 1.54) is 0 Å². The van der Waals surface area contributed by atoms with E-state index in [0.717, 1.165) is 29.8 Å². The van der Waals surface area contributed by atoms with E-state index < -0.39 is 0 Å². The van der Waals surface area contributed by atoms with E-state index >= 15 is 0 Å². The highest BCUT2D eigenvalue weighted by molar-refractivity contribution is 5.94. The molecule has 1 aromatic heterocycles. The SMILES string of the molecule is CCCCC(=O)N(CC(=O)Nc1cc(C(C)(C)C)nn1-c1ccc(C)cc1)CC(C)C. The Bertz CT molecular complexity index is 876. The Morgan fingerprint density at radius 2 is 1.81 bits per heavy atom. The van der Waals surface area contributed by atoms with Crippen LogP contribution in [0.4, 0.5) is 5.82 Å². The van der Waals surface area contributed by atoms with Gasteiger partial charge in [-0.25, -0.2) is 4.68 Å². The van der Waals surface area contributed by atoms with E-state index in [9.17, 15) is 9.59 Å². The summed E-state index contributed by atoms with van der Waals surface area (Å²) in [7, 11) is 0. The molecule has 1 heterocycles. The lowest BCUT2D eigenvalue weighted by atomic mass is 9.92. The minimum atomic E-state index is -0.209. The Morgan fingerprint density at radius 1 is 1.16 bits per heavy atom. The molecule has 0 radical (unpaired) electrons. The van der Waals surface area contributed by atoms with E-state index in [1.54, 1.807) is 9.58 Å². The van der Waals surface area contributed by atoms with Crippen molar-refractivity contribution < 1.29 is 9.59 Å². The summed E-state index contributed by atoms with van der Waals surface area (Å²) in [5.74, 6) is 0.737. The predicted molar refractivity (Wildman–Crippen MR) is 127 cm³/mol. The topological polar surface area (TPSA) is 67.2 Å². The summed E-state index contributed by atoms with van der Waals surface area (Å²) < 4.78 is 1.77. The zero-order valence-corrected chi connectivity index (χ0v) is 20.2. The third-order valence-electron chi connectivity index (χ3n) is 5.04. The monoisotopic (exact) mass is 426 g/mol. The van der Waals surface area contributed by atoms with Gasteiger partial charge in [-0.3, -0.25) is 9.59 Å². The molecule has 0 bridgehead atoms. The molecule has 0 aliphatic rings. The molecule has 6 nitrogen and oxygen atoms in total. The van der Waals surface area contributed by atoms with Gasteiger partial charge in [0.25, 0.3) is 0 Å². The number of benzene rings is 1. The molecular formula is C25H38N4O2. The molecule has 2 rings (SSSR count). The molecule has 0 saturated carbocycles. The van der Waals surface area contributed by atoms with Gasteiger partial charge in [0.05, 0.1) is 17.9 Å². The van der Waals surface area contributed by atoms with Gasteiger partial charge < -0.3 is 10.2 Å². The third kappa shape index (κ3) is 7.23. The van der Waals surface area contributed by atoms with Crippen molar-refractivity contribution in [3.05, 3.63) is 41.6 Å². The smallest absolute Gasteiger partial charge is 0.245 e. The Labute approximate surface area is 187 Å². The highest BCUT2D eigenvalue weighted by Crippen LogP contribution is 2.26. The standard InChI is InChI=1S/C25H38N4O2/c1-8-9-10-24(31)28(16-18(2)3)17-23(30)26-22-15-21(25(5,6)7)27-29(22)20-13-11-19(4)12-14-20/h11-15,18H,8-10,16-17H2,1-7H3,(H,26,30). The number of nitrogens with zero attached hydrogens (tertiary/aromatic N) is 3. The molecule has 0 unspecified atom stereocenters. The van der Waals surface area contributed by atoms with Crippen molar-refractivity contribution in [1.82, 2.24) is 14.7 Å². The maximum absolute atomic E-state index is 12.9. The van der Waals surface area contributed by atoms with Crippen LogP contribution in [0.2, 0.25) is 0 Å². The molecule has 1 N–H and O–H groups in total. The molecular weight excluding hydrogens is 388 g/mol. The van der Waals surface area contributed by atoms with Gasteiger partial charge in [0.2, 0.25) is 11.8 Å². The van der Waals surface area contributed by atoms with E-state index in [2.05, 4.69) is 46.9 Å². The Morgan fingerprint density at radius 3 is 2.35 bits per heavy atom. The van der Waals surface area contributed by atoms with Crippen LogP contribution in [0.5, 0.6) is 0 Å². The Balaban J connectivity index is 2.26. The van der Waals surface area contributed by atoms with Gasteiger partial charge in [0.1, 0.15) is 5.82 Å². The number of rotatable bonds is 9. The molecule has 0 atom stereocenters. The fourth-order valence-corrected chi connectivity index (χ4v) is 3.26. The first-order valence-electron chi connectivity index (χ1n) is 11.3. The average molecular weight is 427 g/mol. The number of amides is 2. The van der Waals surface area contributed by atoms with E-state index in [4.69, 9.17) is 5.10 Å². The number of nitrogens with one attached hydrogen (secondary N) is 1. The lowest BCUT2D eigenvalue weighted by molar-refractivity contribution is -0.135. The summed E-state index contributed by atoms with van der Waals surface area (Å²) in [5.41, 5.74) is 2.78. The summed E-state index contributed by atoms with van der Waals surface area (Å²) in [6, 6.07) is 9.95. The molecule has 2 aromatic rings. The number of hydrogen-bond acceptors (Lipinski definition) is 3. The minimum Gasteiger partial charge on any atom is -0.333 e. The normalized spacial score (nSPS) is 11.6. The summed E-state index contributed by atoms with van der Waals surface area (Å²) >= 11 is 0. The van der Waals surface area contributed by atoms with Gasteiger partial charge in [-0.15, -0.1) is 0 Å². The van der Waals surface area contributed by atoms with Crippen LogP contribution in [0.25, 0.3) is 5.69 Å². The number of unbranched alkanes of at least 4 members (excludes halogenated alkanes) is 1. The fourth-order valence-electron chi connectivity index (χ4n) is 3.26. The Hall–Kier alpha value is -2.63. The summed E-state index contributed by atoms with van der Waals surface area (Å²) in [5, 5.41) is 7.76. The maximum Gasteiger partial charge on any atom is 0.245 e. The first kappa shape index (κ1) is 24.6. The zero-order chi connectivity index (χ0) is 23.2. The quantitative estimate of drug-likeness (QED) is 0.607. The van der Waals surface area contributed by atoms with Crippen LogP contribution in [0, 0.1) is 12.8 Å². The molecule has 170 valence electrons. The summed E-state index contributed by atoms with van der Waals surface area (Å²) in [4.78, 5) is 27.2. The van der Waals surface area contributed by atoms with Gasteiger partial charge in [-0.05, 0) is 31.4 Å². The molecule has 0 saturated heterocycles. The number of hydrogen-bond donors (Lipinski definition) is 1. The van der Waals surface area contributed by atoms with Gasteiger partial charge in [-0.2, -0.15) is 5.10 Å². The van der Waals surface area contributed by atoms with Crippen molar-refractivity contribution in [2.45, 2.75) is 73.1 Å². The van der Waals surface area contributed by atoms with Crippen molar-refractivity contribution in [2.24, 2.45) is 5.92 Å². The second-order valence-corrected chi connectivity index (χ2v) is 9.73. The van der Waals surface area contributed by atoms with Crippen molar-refractivity contribution >= 4 is 17.6 Å². The first-order chi connectivity index (χ1) is 14.5. The molecule has 1 aromatic carbocycles. The molecule has 0 aliphatic carbocycles. The number of anilines is 1. The van der Waals surface area contributed by atoms with Crippen LogP contribution in [0.3, 0.4) is 0 Å². The molecule has 0 aliphatic heterocycles. The molecule has 0 fully saturated rings. The second kappa shape index (κ2) is 10.6. The predicted octanol–water partition coefficient (Wildman–Crippen LogP) is 5.09. The number of aryl methyl sites for hydroxylation is 1. The second-order valence-electron chi connectivity index (χ2n) is 9.73. The van der Waals surface area contributed by atoms with Gasteiger partial charge in [0, 0.05) is 24.4 Å². The van der Waals surface area contributed by atoms with Gasteiger partial charge in [0.15, 0.2) is 0 Å². The van der Waals surface area contributed by atoms with Crippen molar-refractivity contribution in [3.8, 4) is 5.69 Å². The lowest BCUT2D eigenvalue weighted by Gasteiger charge is -2.24. The van der Waals surface area contributed by atoms with Crippen LogP contribution < -0.4 is 5.32 Å². The molecule has 2 amide bonds. The zero-order valence-electron chi connectivity index (χ0n) is 20.2. The van der Waals surface area contributed by atoms with Crippen molar-refractivity contribution in [2.75, 3.05) is 18.4 Å². The Kier molecular flexibility index (Phi) is 8.43. The molecule has 31 heavy (non-hydrogen) atoms. The fraction of sp³-hybridized carbons (Fsp3) is 0.560. The minimum absolute atomic E-state index is 0.0353. The number of aromatic nitrogens is 2. The highest BCUT2D eigenvalue weighted by atomic mass is 16.2. The van der Waals surface area contributed by atoms with Crippen LogP contribution in [0.1, 0.15) is 72.1 Å². The van der Waals surface area contributed by atoms with E-state index in [0.29, 0.717) is 24.7 Å². The third-order valence-corrected chi connectivity index (χ3v) is 5.04. The van der Waals surface area contributed by atoms with Crippen LogP contribution in [-0.2, 0) is 15.0 Å². The van der Waals surface area contributed by atoms with Crippen LogP contribution in [-0.4, -0.2) is 39.6 Å². The largest absolute Gasteiger partial charge is 0.333 e. The summed E-state index contributed by atoms with van der Waals surface area (Å²) in [6.07, 6.45) is 2.27. The van der Waals surface area contributed by atoms with E-state index in [1.807, 2.05) is 37.3 Å². The van der Waals surface area contributed by atoms with E-state index in [-0.39, 0.29) is 23.8 Å².